The second kappa shape index (κ2) is 15.2. The van der Waals surface area contributed by atoms with Crippen LogP contribution in [0.5, 0.6) is 0 Å². The molecule has 0 N–H and O–H groups in total. The Labute approximate surface area is 212 Å². The minimum absolute atomic E-state index is 0.420. The van der Waals surface area contributed by atoms with E-state index in [1.54, 1.807) is 0 Å². The quantitative estimate of drug-likeness (QED) is 0.199. The molecule has 0 aliphatic heterocycles. The molecule has 0 bridgehead atoms. The predicted octanol–water partition coefficient (Wildman–Crippen LogP) is 12.0. The fraction of sp³-hybridized carbons (Fsp3) is 1.00. The fourth-order valence-electron chi connectivity index (χ4n) is 6.62. The maximum absolute atomic E-state index is 2.52. The first-order chi connectivity index (χ1) is 15.0. The Hall–Kier alpha value is 0. The molecule has 0 radical (unpaired) electrons. The summed E-state index contributed by atoms with van der Waals surface area (Å²) < 4.78 is 0. The molecule has 33 heavy (non-hydrogen) atoms. The Morgan fingerprint density at radius 1 is 0.576 bits per heavy atom. The lowest BCUT2D eigenvalue weighted by atomic mass is 9.66. The first-order valence-corrected chi connectivity index (χ1v) is 15.0. The van der Waals surface area contributed by atoms with Crippen molar-refractivity contribution in [3.63, 3.8) is 0 Å². The van der Waals surface area contributed by atoms with Crippen LogP contribution in [-0.2, 0) is 0 Å². The van der Waals surface area contributed by atoms with Crippen LogP contribution in [0.2, 0.25) is 0 Å². The van der Waals surface area contributed by atoms with Crippen molar-refractivity contribution >= 4 is 0 Å². The average Bonchev–Trinajstić information content (AvgIpc) is 2.61. The molecule has 0 fully saturated rings. The van der Waals surface area contributed by atoms with Gasteiger partial charge in [-0.1, -0.05) is 141 Å². The van der Waals surface area contributed by atoms with Crippen molar-refractivity contribution in [2.45, 2.75) is 167 Å². The van der Waals surface area contributed by atoms with Crippen LogP contribution in [0, 0.1) is 45.8 Å². The summed E-state index contributed by atoms with van der Waals surface area (Å²) in [6, 6.07) is 0. The predicted molar refractivity (Wildman–Crippen MR) is 154 cm³/mol. The van der Waals surface area contributed by atoms with E-state index in [4.69, 9.17) is 0 Å². The van der Waals surface area contributed by atoms with Gasteiger partial charge in [0.2, 0.25) is 0 Å². The number of hydrogen-bond acceptors (Lipinski definition) is 0. The van der Waals surface area contributed by atoms with Crippen molar-refractivity contribution < 1.29 is 0 Å². The number of hydrogen-bond donors (Lipinski definition) is 0. The van der Waals surface area contributed by atoms with Gasteiger partial charge in [0, 0.05) is 0 Å². The van der Waals surface area contributed by atoms with Gasteiger partial charge in [-0.3, -0.25) is 0 Å². The van der Waals surface area contributed by atoms with E-state index in [-0.39, 0.29) is 0 Å². The van der Waals surface area contributed by atoms with Crippen molar-refractivity contribution in [1.29, 1.82) is 0 Å². The Balaban J connectivity index is 4.69. The molecule has 5 unspecified atom stereocenters. The lowest BCUT2D eigenvalue weighted by Gasteiger charge is -2.39. The van der Waals surface area contributed by atoms with E-state index >= 15 is 0 Å². The normalized spacial score (nSPS) is 18.1. The average molecular weight is 465 g/mol. The molecule has 0 aromatic carbocycles. The highest BCUT2D eigenvalue weighted by Crippen LogP contribution is 2.42. The van der Waals surface area contributed by atoms with Crippen LogP contribution in [0.4, 0.5) is 0 Å². The van der Waals surface area contributed by atoms with Crippen molar-refractivity contribution in [3.05, 3.63) is 0 Å². The van der Waals surface area contributed by atoms with E-state index in [0.717, 1.165) is 29.6 Å². The third-order valence-electron chi connectivity index (χ3n) is 8.07. The molecule has 0 saturated heterocycles. The first kappa shape index (κ1) is 33.0. The zero-order chi connectivity index (χ0) is 25.9. The molecule has 0 amide bonds. The van der Waals surface area contributed by atoms with E-state index < -0.39 is 0 Å². The molecule has 0 heterocycles. The fourth-order valence-corrected chi connectivity index (χ4v) is 6.62. The second-order valence-corrected chi connectivity index (χ2v) is 15.6. The third kappa shape index (κ3) is 17.1. The minimum Gasteiger partial charge on any atom is -0.0654 e. The third-order valence-corrected chi connectivity index (χ3v) is 8.07. The molecular weight excluding hydrogens is 396 g/mol. The molecule has 0 aromatic heterocycles. The van der Waals surface area contributed by atoms with Crippen LogP contribution < -0.4 is 0 Å². The standard InChI is InChI=1S/C33H68/c1-14-19-28(24-31(5,6)7)22-26(3)20-17-16-18-21-29(25-32(8,9)10)23-30(27(4)15-2)33(11,12)13/h26-30H,14-25H2,1-13H3. The summed E-state index contributed by atoms with van der Waals surface area (Å²) in [4.78, 5) is 0. The largest absolute Gasteiger partial charge is 0.0654 e. The summed E-state index contributed by atoms with van der Waals surface area (Å²) >= 11 is 0. The summed E-state index contributed by atoms with van der Waals surface area (Å²) in [5, 5.41) is 0. The summed E-state index contributed by atoms with van der Waals surface area (Å²) in [7, 11) is 0. The molecule has 0 heteroatoms. The summed E-state index contributed by atoms with van der Waals surface area (Å²) in [6.45, 7) is 31.8. The van der Waals surface area contributed by atoms with E-state index in [1.165, 1.54) is 77.0 Å². The van der Waals surface area contributed by atoms with Gasteiger partial charge in [0.1, 0.15) is 0 Å². The smallest absolute Gasteiger partial charge is 0.0337 e. The Bertz CT molecular complexity index is 466. The highest BCUT2D eigenvalue weighted by atomic mass is 14.4. The lowest BCUT2D eigenvalue weighted by molar-refractivity contribution is 0.111. The highest BCUT2D eigenvalue weighted by molar-refractivity contribution is 4.82. The monoisotopic (exact) mass is 465 g/mol. The summed E-state index contributed by atoms with van der Waals surface area (Å²) in [6.07, 6.45) is 16.9. The maximum Gasteiger partial charge on any atom is -0.0337 e. The molecule has 200 valence electrons. The van der Waals surface area contributed by atoms with E-state index in [1.807, 2.05) is 0 Å². The SMILES string of the molecule is CCCC(CC(C)CCCCCC(CC(C(C)CC)C(C)(C)C)CC(C)(C)C)CC(C)(C)C. The molecule has 0 nitrogen and oxygen atoms in total. The van der Waals surface area contributed by atoms with Crippen LogP contribution in [0.1, 0.15) is 167 Å². The van der Waals surface area contributed by atoms with Crippen LogP contribution in [0.3, 0.4) is 0 Å². The van der Waals surface area contributed by atoms with Crippen molar-refractivity contribution in [2.24, 2.45) is 45.8 Å². The number of unbranched alkanes of at least 4 members (excludes halogenated alkanes) is 2. The van der Waals surface area contributed by atoms with Gasteiger partial charge in [0.15, 0.2) is 0 Å². The second-order valence-electron chi connectivity index (χ2n) is 15.6. The summed E-state index contributed by atoms with van der Waals surface area (Å²) in [5.41, 5.74) is 1.34. The van der Waals surface area contributed by atoms with Gasteiger partial charge in [0.25, 0.3) is 0 Å². The molecular formula is C33H68. The van der Waals surface area contributed by atoms with E-state index in [9.17, 15) is 0 Å². The van der Waals surface area contributed by atoms with Crippen molar-refractivity contribution in [1.82, 2.24) is 0 Å². The summed E-state index contributed by atoms with van der Waals surface area (Å²) in [5.74, 6) is 4.38. The van der Waals surface area contributed by atoms with Crippen LogP contribution in [0.15, 0.2) is 0 Å². The van der Waals surface area contributed by atoms with Crippen LogP contribution >= 0.6 is 0 Å². The van der Waals surface area contributed by atoms with Crippen LogP contribution in [0.25, 0.3) is 0 Å². The topological polar surface area (TPSA) is 0 Å². The molecule has 0 spiro atoms. The highest BCUT2D eigenvalue weighted by Gasteiger charge is 2.32. The van der Waals surface area contributed by atoms with Gasteiger partial charge in [0.05, 0.1) is 0 Å². The Morgan fingerprint density at radius 2 is 1.06 bits per heavy atom. The van der Waals surface area contributed by atoms with Gasteiger partial charge in [-0.25, -0.2) is 0 Å². The molecule has 0 rings (SSSR count). The van der Waals surface area contributed by atoms with E-state index in [0.29, 0.717) is 16.2 Å². The van der Waals surface area contributed by atoms with E-state index in [2.05, 4.69) is 90.0 Å². The number of rotatable bonds is 16. The zero-order valence-corrected chi connectivity index (χ0v) is 25.9. The lowest BCUT2D eigenvalue weighted by Crippen LogP contribution is -2.30. The molecule has 0 aromatic rings. The van der Waals surface area contributed by atoms with Gasteiger partial charge < -0.3 is 0 Å². The molecule has 0 saturated carbocycles. The van der Waals surface area contributed by atoms with Gasteiger partial charge in [-0.15, -0.1) is 0 Å². The first-order valence-electron chi connectivity index (χ1n) is 15.0. The molecule has 5 atom stereocenters. The maximum atomic E-state index is 2.52. The van der Waals surface area contributed by atoms with Crippen LogP contribution in [-0.4, -0.2) is 0 Å². The van der Waals surface area contributed by atoms with Crippen molar-refractivity contribution in [2.75, 3.05) is 0 Å². The Morgan fingerprint density at radius 3 is 1.48 bits per heavy atom. The Kier molecular flexibility index (Phi) is 15.2. The van der Waals surface area contributed by atoms with Crippen molar-refractivity contribution in [3.8, 4) is 0 Å². The van der Waals surface area contributed by atoms with Gasteiger partial charge in [-0.2, -0.15) is 0 Å². The molecule has 0 aliphatic carbocycles. The van der Waals surface area contributed by atoms with Gasteiger partial charge in [-0.05, 0) is 71.5 Å². The zero-order valence-electron chi connectivity index (χ0n) is 25.9. The minimum atomic E-state index is 0.420. The molecule has 0 aliphatic rings. The van der Waals surface area contributed by atoms with Gasteiger partial charge >= 0.3 is 0 Å².